The fraction of sp³-hybridized carbons (Fsp3) is 0.818. The molecule has 4 heteroatoms. The van der Waals surface area contributed by atoms with Crippen LogP contribution < -0.4 is 18.9 Å². The maximum atomic E-state index is 10.0. The number of carbonyl (C=O) groups is 1. The third kappa shape index (κ3) is 20.2. The first-order valence-corrected chi connectivity index (χ1v) is 5.07. The molecular weight excluding hydrogens is 187 g/mol. The Morgan fingerprint density at radius 1 is 1.13 bits per heavy atom. The maximum absolute atomic E-state index is 10.0. The Morgan fingerprint density at radius 2 is 1.67 bits per heavy atom. The second-order valence-corrected chi connectivity index (χ2v) is 3.21. The predicted octanol–water partition coefficient (Wildman–Crippen LogP) is -0.0976. The number of aliphatic carboxylic acids is 1. The second-order valence-electron chi connectivity index (χ2n) is 3.21. The van der Waals surface area contributed by atoms with Crippen LogP contribution in [0.15, 0.2) is 0 Å². The molecule has 0 saturated heterocycles. The fourth-order valence-corrected chi connectivity index (χ4v) is 1.14. The monoisotopic (exact) mass is 210 g/mol. The quantitative estimate of drug-likeness (QED) is 0.328. The Labute approximate surface area is 106 Å². The minimum Gasteiger partial charge on any atom is -0.480 e. The maximum Gasteiger partial charge on any atom is 1.00 e. The number of ether oxygens (including phenoxy) is 1. The minimum atomic E-state index is -0.883. The van der Waals surface area contributed by atoms with Crippen molar-refractivity contribution in [1.82, 2.24) is 0 Å². The number of hydrogen-bond acceptors (Lipinski definition) is 2. The van der Waals surface area contributed by atoms with Crippen molar-refractivity contribution in [1.29, 1.82) is 0 Å². The van der Waals surface area contributed by atoms with Gasteiger partial charge >= 0.3 is 24.8 Å². The van der Waals surface area contributed by atoms with Gasteiger partial charge < -0.3 is 17.3 Å². The van der Waals surface area contributed by atoms with Gasteiger partial charge in [-0.05, 0) is 6.42 Å². The van der Waals surface area contributed by atoms with Crippen LogP contribution in [0, 0.1) is 7.43 Å². The molecule has 0 unspecified atom stereocenters. The molecule has 0 fully saturated rings. The smallest absolute Gasteiger partial charge is 0.480 e. The van der Waals surface area contributed by atoms with Crippen molar-refractivity contribution < 1.29 is 33.5 Å². The van der Waals surface area contributed by atoms with E-state index >= 15 is 0 Å². The number of carboxylic acids is 1. The molecule has 1 N–H and O–H groups in total. The summed E-state index contributed by atoms with van der Waals surface area (Å²) in [4.78, 5) is 10.0. The fourth-order valence-electron chi connectivity index (χ4n) is 1.14. The molecule has 0 saturated carbocycles. The van der Waals surface area contributed by atoms with Gasteiger partial charge in [-0.3, -0.25) is 0 Å². The molecule has 86 valence electrons. The van der Waals surface area contributed by atoms with Crippen molar-refractivity contribution in [2.45, 2.75) is 45.4 Å². The van der Waals surface area contributed by atoms with E-state index in [1.165, 1.54) is 25.7 Å². The summed E-state index contributed by atoms with van der Waals surface area (Å²) in [5.41, 5.74) is 0. The molecular formula is C11H23LiO3. The minimum absolute atomic E-state index is 0. The van der Waals surface area contributed by atoms with Crippen molar-refractivity contribution in [3.05, 3.63) is 7.43 Å². The molecule has 0 spiro atoms. The molecule has 0 aromatic heterocycles. The van der Waals surface area contributed by atoms with Crippen LogP contribution in [-0.4, -0.2) is 24.3 Å². The predicted molar refractivity (Wildman–Crippen MR) is 58.2 cm³/mol. The Bertz CT molecular complexity index is 129. The molecule has 0 bridgehead atoms. The van der Waals surface area contributed by atoms with Crippen LogP contribution in [0.5, 0.6) is 0 Å². The molecule has 15 heavy (non-hydrogen) atoms. The average molecular weight is 210 g/mol. The van der Waals surface area contributed by atoms with E-state index in [1.807, 2.05) is 0 Å². The van der Waals surface area contributed by atoms with Crippen molar-refractivity contribution in [2.75, 3.05) is 13.2 Å². The molecule has 0 aliphatic carbocycles. The number of unbranched alkanes of at least 4 members (excludes halogenated alkanes) is 5. The molecule has 0 rings (SSSR count). The summed E-state index contributed by atoms with van der Waals surface area (Å²) in [7, 11) is 0. The summed E-state index contributed by atoms with van der Waals surface area (Å²) >= 11 is 0. The van der Waals surface area contributed by atoms with Gasteiger partial charge in [0.2, 0.25) is 0 Å². The van der Waals surface area contributed by atoms with Crippen molar-refractivity contribution in [3.8, 4) is 0 Å². The molecule has 0 radical (unpaired) electrons. The first-order valence-electron chi connectivity index (χ1n) is 5.07. The van der Waals surface area contributed by atoms with Crippen LogP contribution in [0.2, 0.25) is 0 Å². The van der Waals surface area contributed by atoms with Crippen molar-refractivity contribution in [2.24, 2.45) is 0 Å². The van der Waals surface area contributed by atoms with Gasteiger partial charge in [-0.25, -0.2) is 4.79 Å². The first kappa shape index (κ1) is 20.4. The van der Waals surface area contributed by atoms with E-state index in [0.717, 1.165) is 12.8 Å². The second kappa shape index (κ2) is 16.5. The third-order valence-electron chi connectivity index (χ3n) is 1.87. The zero-order valence-corrected chi connectivity index (χ0v) is 10.4. The van der Waals surface area contributed by atoms with Crippen molar-refractivity contribution >= 4 is 5.97 Å². The Balaban J connectivity index is -0.000000720. The van der Waals surface area contributed by atoms with E-state index in [1.54, 1.807) is 0 Å². The molecule has 0 heterocycles. The van der Waals surface area contributed by atoms with Gasteiger partial charge in [0.1, 0.15) is 6.61 Å². The zero-order chi connectivity index (χ0) is 9.94. The van der Waals surface area contributed by atoms with E-state index in [9.17, 15) is 4.79 Å². The van der Waals surface area contributed by atoms with Gasteiger partial charge in [0.15, 0.2) is 0 Å². The van der Waals surface area contributed by atoms with E-state index in [-0.39, 0.29) is 32.9 Å². The third-order valence-corrected chi connectivity index (χ3v) is 1.87. The van der Waals surface area contributed by atoms with Gasteiger partial charge in [-0.2, -0.15) is 0 Å². The van der Waals surface area contributed by atoms with Gasteiger partial charge in [0, 0.05) is 6.61 Å². The molecule has 0 aliphatic rings. The van der Waals surface area contributed by atoms with E-state index < -0.39 is 5.97 Å². The molecule has 0 aromatic rings. The van der Waals surface area contributed by atoms with Crippen LogP contribution in [0.3, 0.4) is 0 Å². The molecule has 0 atom stereocenters. The summed E-state index contributed by atoms with van der Waals surface area (Å²) < 4.78 is 4.90. The SMILES string of the molecule is CCCCCCCCOCC(=O)O.[CH3-].[Li+]. The summed E-state index contributed by atoms with van der Waals surface area (Å²) in [6, 6.07) is 0. The number of carboxylic acid groups (broad SMARTS) is 1. The van der Waals surface area contributed by atoms with Gasteiger partial charge in [-0.1, -0.05) is 39.0 Å². The standard InChI is InChI=1S/C10H20O3.CH3.Li/c1-2-3-4-5-6-7-8-13-9-10(11)12;;/h2-9H2,1H3,(H,11,12);1H3;/q;-1;+1. The summed E-state index contributed by atoms with van der Waals surface area (Å²) in [6.07, 6.45) is 7.22. The van der Waals surface area contributed by atoms with Crippen LogP contribution in [-0.2, 0) is 9.53 Å². The van der Waals surface area contributed by atoms with E-state index in [0.29, 0.717) is 6.61 Å². The topological polar surface area (TPSA) is 46.5 Å². The molecule has 0 amide bonds. The van der Waals surface area contributed by atoms with Crippen molar-refractivity contribution in [3.63, 3.8) is 0 Å². The number of hydrogen-bond donors (Lipinski definition) is 1. The molecule has 0 aliphatic heterocycles. The van der Waals surface area contributed by atoms with Gasteiger partial charge in [0.25, 0.3) is 0 Å². The van der Waals surface area contributed by atoms with E-state index in [2.05, 4.69) is 6.92 Å². The normalized spacial score (nSPS) is 8.87. The van der Waals surface area contributed by atoms with Crippen LogP contribution in [0.1, 0.15) is 45.4 Å². The number of rotatable bonds is 9. The Kier molecular flexibility index (Phi) is 22.4. The largest absolute Gasteiger partial charge is 1.00 e. The summed E-state index contributed by atoms with van der Waals surface area (Å²) in [5, 5.41) is 8.26. The average Bonchev–Trinajstić information content (AvgIpc) is 2.09. The van der Waals surface area contributed by atoms with Crippen LogP contribution in [0.4, 0.5) is 0 Å². The summed E-state index contributed by atoms with van der Waals surface area (Å²) in [6.45, 7) is 2.61. The van der Waals surface area contributed by atoms with E-state index in [4.69, 9.17) is 9.84 Å². The van der Waals surface area contributed by atoms with Crippen LogP contribution >= 0.6 is 0 Å². The van der Waals surface area contributed by atoms with Gasteiger partial charge in [-0.15, -0.1) is 0 Å². The van der Waals surface area contributed by atoms with Gasteiger partial charge in [0.05, 0.1) is 0 Å². The summed E-state index contributed by atoms with van der Waals surface area (Å²) in [5.74, 6) is -0.883. The van der Waals surface area contributed by atoms with Crippen LogP contribution in [0.25, 0.3) is 0 Å². The Morgan fingerprint density at radius 3 is 2.20 bits per heavy atom. The first-order chi connectivity index (χ1) is 6.27. The Hall–Kier alpha value is 0.0274. The molecule has 0 aromatic carbocycles. The zero-order valence-electron chi connectivity index (χ0n) is 10.4. The molecule has 3 nitrogen and oxygen atoms in total.